The molecule has 0 atom stereocenters. The Bertz CT molecular complexity index is 1240. The third-order valence-corrected chi connectivity index (χ3v) is 5.92. The van der Waals surface area contributed by atoms with Gasteiger partial charge in [-0.25, -0.2) is 4.79 Å². The van der Waals surface area contributed by atoms with Gasteiger partial charge in [-0.15, -0.1) is 11.3 Å². The van der Waals surface area contributed by atoms with E-state index in [4.69, 9.17) is 16.3 Å². The SMILES string of the molecule is CCOC(=O)c1c(-c2ccccc2Cl)csc1NC(=O)c1cccc2ccccc12. The van der Waals surface area contributed by atoms with E-state index in [1.54, 1.807) is 19.1 Å². The molecule has 30 heavy (non-hydrogen) atoms. The second kappa shape index (κ2) is 8.69. The van der Waals surface area contributed by atoms with Crippen molar-refractivity contribution in [1.82, 2.24) is 0 Å². The zero-order chi connectivity index (χ0) is 21.1. The van der Waals surface area contributed by atoms with Crippen molar-refractivity contribution in [1.29, 1.82) is 0 Å². The predicted octanol–water partition coefficient (Wildman–Crippen LogP) is 6.65. The van der Waals surface area contributed by atoms with Crippen molar-refractivity contribution in [3.05, 3.63) is 88.3 Å². The smallest absolute Gasteiger partial charge is 0.341 e. The van der Waals surface area contributed by atoms with Crippen LogP contribution in [0.4, 0.5) is 5.00 Å². The third kappa shape index (κ3) is 3.82. The number of fused-ring (bicyclic) bond motifs is 1. The first kappa shape index (κ1) is 20.1. The number of rotatable bonds is 5. The van der Waals surface area contributed by atoms with Crippen LogP contribution in [0, 0.1) is 0 Å². The first-order valence-corrected chi connectivity index (χ1v) is 10.7. The average molecular weight is 436 g/mol. The van der Waals surface area contributed by atoms with Gasteiger partial charge in [0.1, 0.15) is 10.6 Å². The molecular weight excluding hydrogens is 418 g/mol. The molecule has 0 aliphatic carbocycles. The Hall–Kier alpha value is -3.15. The first-order valence-electron chi connectivity index (χ1n) is 9.42. The topological polar surface area (TPSA) is 55.4 Å². The molecule has 0 bridgehead atoms. The molecule has 0 aliphatic rings. The summed E-state index contributed by atoms with van der Waals surface area (Å²) in [6.45, 7) is 1.97. The Morgan fingerprint density at radius 1 is 0.967 bits per heavy atom. The molecule has 1 heterocycles. The molecule has 150 valence electrons. The van der Waals surface area contributed by atoms with Crippen LogP contribution in [0.2, 0.25) is 5.02 Å². The van der Waals surface area contributed by atoms with E-state index in [0.29, 0.717) is 32.3 Å². The van der Waals surface area contributed by atoms with Crippen molar-refractivity contribution in [2.45, 2.75) is 6.92 Å². The van der Waals surface area contributed by atoms with Gasteiger partial charge in [-0.05, 0) is 29.8 Å². The summed E-state index contributed by atoms with van der Waals surface area (Å²) >= 11 is 7.62. The van der Waals surface area contributed by atoms with Gasteiger partial charge in [0.15, 0.2) is 0 Å². The number of anilines is 1. The molecule has 1 aromatic heterocycles. The summed E-state index contributed by atoms with van der Waals surface area (Å²) in [6, 6.07) is 20.5. The summed E-state index contributed by atoms with van der Waals surface area (Å²) in [6.07, 6.45) is 0. The summed E-state index contributed by atoms with van der Waals surface area (Å²) in [7, 11) is 0. The molecule has 0 radical (unpaired) electrons. The summed E-state index contributed by atoms with van der Waals surface area (Å²) in [5, 5.41) is 7.48. The lowest BCUT2D eigenvalue weighted by molar-refractivity contribution is 0.0529. The fourth-order valence-electron chi connectivity index (χ4n) is 3.33. The van der Waals surface area contributed by atoms with Gasteiger partial charge in [-0.1, -0.05) is 66.2 Å². The average Bonchev–Trinajstić information content (AvgIpc) is 3.17. The highest BCUT2D eigenvalue weighted by Crippen LogP contribution is 2.39. The lowest BCUT2D eigenvalue weighted by Gasteiger charge is -2.10. The maximum absolute atomic E-state index is 13.1. The van der Waals surface area contributed by atoms with Crippen LogP contribution < -0.4 is 5.32 Å². The van der Waals surface area contributed by atoms with Gasteiger partial charge in [0.25, 0.3) is 5.91 Å². The maximum atomic E-state index is 13.1. The van der Waals surface area contributed by atoms with Crippen LogP contribution in [0.15, 0.2) is 72.1 Å². The minimum atomic E-state index is -0.498. The van der Waals surface area contributed by atoms with Crippen LogP contribution in [0.1, 0.15) is 27.6 Å². The Morgan fingerprint density at radius 2 is 1.70 bits per heavy atom. The second-order valence-electron chi connectivity index (χ2n) is 6.53. The van der Waals surface area contributed by atoms with Gasteiger partial charge < -0.3 is 10.1 Å². The fraction of sp³-hybridized carbons (Fsp3) is 0.0833. The molecule has 4 rings (SSSR count). The van der Waals surface area contributed by atoms with Crippen LogP contribution >= 0.6 is 22.9 Å². The highest BCUT2D eigenvalue weighted by molar-refractivity contribution is 7.15. The van der Waals surface area contributed by atoms with Crippen molar-refractivity contribution in [2.24, 2.45) is 0 Å². The number of benzene rings is 3. The maximum Gasteiger partial charge on any atom is 0.341 e. The number of nitrogens with one attached hydrogen (secondary N) is 1. The van der Waals surface area contributed by atoms with Crippen molar-refractivity contribution >= 4 is 50.6 Å². The molecule has 1 amide bonds. The molecule has 0 saturated heterocycles. The Labute approximate surface area is 183 Å². The van der Waals surface area contributed by atoms with Gasteiger partial charge >= 0.3 is 5.97 Å². The molecular formula is C24H18ClNO3S. The molecule has 0 saturated carbocycles. The normalized spacial score (nSPS) is 10.7. The van der Waals surface area contributed by atoms with Crippen LogP contribution in [0.3, 0.4) is 0 Å². The quantitative estimate of drug-likeness (QED) is 0.357. The lowest BCUT2D eigenvalue weighted by atomic mass is 10.0. The van der Waals surface area contributed by atoms with Crippen molar-refractivity contribution < 1.29 is 14.3 Å². The van der Waals surface area contributed by atoms with E-state index >= 15 is 0 Å². The fourth-order valence-corrected chi connectivity index (χ4v) is 4.51. The summed E-state index contributed by atoms with van der Waals surface area (Å²) < 4.78 is 5.26. The summed E-state index contributed by atoms with van der Waals surface area (Å²) in [5.41, 5.74) is 2.19. The zero-order valence-electron chi connectivity index (χ0n) is 16.1. The van der Waals surface area contributed by atoms with E-state index in [9.17, 15) is 9.59 Å². The molecule has 1 N–H and O–H groups in total. The van der Waals surface area contributed by atoms with Crippen molar-refractivity contribution in [3.63, 3.8) is 0 Å². The van der Waals surface area contributed by atoms with Gasteiger partial charge in [0, 0.05) is 27.1 Å². The summed E-state index contributed by atoms with van der Waals surface area (Å²) in [5.74, 6) is -0.785. The zero-order valence-corrected chi connectivity index (χ0v) is 17.7. The predicted molar refractivity (Wildman–Crippen MR) is 123 cm³/mol. The largest absolute Gasteiger partial charge is 0.462 e. The molecule has 4 nitrogen and oxygen atoms in total. The minimum Gasteiger partial charge on any atom is -0.462 e. The molecule has 0 fully saturated rings. The second-order valence-corrected chi connectivity index (χ2v) is 7.82. The molecule has 6 heteroatoms. The molecule has 0 spiro atoms. The number of amides is 1. The number of thiophene rings is 1. The van der Waals surface area contributed by atoms with Crippen LogP contribution in [-0.2, 0) is 4.74 Å². The Kier molecular flexibility index (Phi) is 5.84. The minimum absolute atomic E-state index is 0.230. The van der Waals surface area contributed by atoms with Gasteiger partial charge in [0.05, 0.1) is 6.61 Å². The Balaban J connectivity index is 1.76. The van der Waals surface area contributed by atoms with E-state index < -0.39 is 5.97 Å². The standard InChI is InChI=1S/C24H18ClNO3S/c1-2-29-24(28)21-19(17-11-5-6-13-20(17)25)14-30-23(21)26-22(27)18-12-7-9-15-8-3-4-10-16(15)18/h3-14H,2H2,1H3,(H,26,27). The van der Waals surface area contributed by atoms with Crippen molar-refractivity contribution in [3.8, 4) is 11.1 Å². The number of halogens is 1. The lowest BCUT2D eigenvalue weighted by Crippen LogP contribution is -2.15. The van der Waals surface area contributed by atoms with Gasteiger partial charge in [-0.2, -0.15) is 0 Å². The number of ether oxygens (including phenoxy) is 1. The number of carbonyl (C=O) groups excluding carboxylic acids is 2. The number of carbonyl (C=O) groups is 2. The van der Waals surface area contributed by atoms with E-state index in [2.05, 4.69) is 5.32 Å². The molecule has 0 unspecified atom stereocenters. The van der Waals surface area contributed by atoms with Crippen LogP contribution in [0.25, 0.3) is 21.9 Å². The number of hydrogen-bond acceptors (Lipinski definition) is 4. The van der Waals surface area contributed by atoms with E-state index in [1.165, 1.54) is 11.3 Å². The first-order chi connectivity index (χ1) is 14.6. The molecule has 3 aromatic carbocycles. The Morgan fingerprint density at radius 3 is 2.50 bits per heavy atom. The van der Waals surface area contributed by atoms with Crippen LogP contribution in [-0.4, -0.2) is 18.5 Å². The molecule has 0 aliphatic heterocycles. The highest BCUT2D eigenvalue weighted by atomic mass is 35.5. The van der Waals surface area contributed by atoms with Gasteiger partial charge in [0.2, 0.25) is 0 Å². The highest BCUT2D eigenvalue weighted by Gasteiger charge is 2.24. The van der Waals surface area contributed by atoms with E-state index in [0.717, 1.165) is 10.8 Å². The number of esters is 1. The van der Waals surface area contributed by atoms with Crippen molar-refractivity contribution in [2.75, 3.05) is 11.9 Å². The van der Waals surface area contributed by atoms with Gasteiger partial charge in [-0.3, -0.25) is 4.79 Å². The monoisotopic (exact) mass is 435 g/mol. The van der Waals surface area contributed by atoms with E-state index in [-0.39, 0.29) is 12.5 Å². The molecule has 4 aromatic rings. The third-order valence-electron chi connectivity index (χ3n) is 4.70. The summed E-state index contributed by atoms with van der Waals surface area (Å²) in [4.78, 5) is 25.8. The van der Waals surface area contributed by atoms with Crippen LogP contribution in [0.5, 0.6) is 0 Å². The number of hydrogen-bond donors (Lipinski definition) is 1. The van der Waals surface area contributed by atoms with E-state index in [1.807, 2.05) is 60.0 Å².